The molecule has 2 aromatic rings. The number of alkyl halides is 3. The van der Waals surface area contributed by atoms with Crippen molar-refractivity contribution in [3.8, 4) is 0 Å². The van der Waals surface area contributed by atoms with E-state index in [2.05, 4.69) is 10.3 Å². The van der Waals surface area contributed by atoms with Crippen molar-refractivity contribution in [1.29, 1.82) is 0 Å². The van der Waals surface area contributed by atoms with Gasteiger partial charge in [-0.15, -0.1) is 11.3 Å². The number of nitrogens with zero attached hydrogens (tertiary/aromatic N) is 1. The third-order valence-electron chi connectivity index (χ3n) is 3.17. The van der Waals surface area contributed by atoms with E-state index >= 15 is 0 Å². The Labute approximate surface area is 130 Å². The zero-order chi connectivity index (χ0) is 16.5. The smallest absolute Gasteiger partial charge is 0.345 e. The number of amides is 1. The lowest BCUT2D eigenvalue weighted by atomic mass is 10.0. The first kappa shape index (κ1) is 16.5. The minimum atomic E-state index is -4.40. The third kappa shape index (κ3) is 3.65. The van der Waals surface area contributed by atoms with Crippen molar-refractivity contribution >= 4 is 17.2 Å². The van der Waals surface area contributed by atoms with E-state index in [1.807, 2.05) is 0 Å². The molecule has 1 amide bonds. The molecule has 1 unspecified atom stereocenters. The summed E-state index contributed by atoms with van der Waals surface area (Å²) < 4.78 is 38.2. The molecule has 3 nitrogen and oxygen atoms in total. The van der Waals surface area contributed by atoms with Gasteiger partial charge in [0.05, 0.1) is 22.3 Å². The van der Waals surface area contributed by atoms with Crippen LogP contribution in [0.2, 0.25) is 0 Å². The fourth-order valence-corrected chi connectivity index (χ4v) is 2.89. The number of benzene rings is 1. The molecule has 0 spiro atoms. The van der Waals surface area contributed by atoms with E-state index in [0.29, 0.717) is 16.1 Å². The van der Waals surface area contributed by atoms with E-state index in [-0.39, 0.29) is 5.91 Å². The molecular weight excluding hydrogens is 313 g/mol. The second-order valence-electron chi connectivity index (χ2n) is 4.97. The molecule has 7 heteroatoms. The summed E-state index contributed by atoms with van der Waals surface area (Å²) in [5.41, 5.74) is 0.300. The van der Waals surface area contributed by atoms with Crippen LogP contribution in [0, 0.1) is 13.8 Å². The number of halogens is 3. The molecule has 2 rings (SSSR count). The fourth-order valence-electron chi connectivity index (χ4n) is 2.07. The van der Waals surface area contributed by atoms with E-state index < -0.39 is 17.8 Å². The highest BCUT2D eigenvalue weighted by atomic mass is 32.1. The molecule has 0 aliphatic rings. The summed E-state index contributed by atoms with van der Waals surface area (Å²) in [6.45, 7) is 5.18. The second kappa shape index (κ2) is 6.08. The molecule has 0 bridgehead atoms. The first-order chi connectivity index (χ1) is 10.2. The van der Waals surface area contributed by atoms with Gasteiger partial charge in [0.2, 0.25) is 0 Å². The quantitative estimate of drug-likeness (QED) is 0.914. The van der Waals surface area contributed by atoms with Gasteiger partial charge in [0.25, 0.3) is 5.91 Å². The molecule has 1 heterocycles. The second-order valence-corrected chi connectivity index (χ2v) is 6.17. The van der Waals surface area contributed by atoms with E-state index in [1.165, 1.54) is 17.4 Å². The Hall–Kier alpha value is -1.89. The topological polar surface area (TPSA) is 42.0 Å². The molecule has 0 saturated heterocycles. The Morgan fingerprint density at radius 3 is 2.55 bits per heavy atom. The average Bonchev–Trinajstić information content (AvgIpc) is 2.77. The zero-order valence-electron chi connectivity index (χ0n) is 12.3. The van der Waals surface area contributed by atoms with Crippen molar-refractivity contribution in [1.82, 2.24) is 10.3 Å². The molecule has 0 fully saturated rings. The molecule has 1 aromatic carbocycles. The van der Waals surface area contributed by atoms with Crippen molar-refractivity contribution in [3.05, 3.63) is 51.0 Å². The monoisotopic (exact) mass is 328 g/mol. The number of thiazole rings is 1. The van der Waals surface area contributed by atoms with Gasteiger partial charge in [0.1, 0.15) is 4.88 Å². The van der Waals surface area contributed by atoms with Crippen LogP contribution >= 0.6 is 11.3 Å². The molecule has 1 aromatic heterocycles. The van der Waals surface area contributed by atoms with Crippen molar-refractivity contribution in [2.45, 2.75) is 33.0 Å². The number of carbonyl (C=O) groups is 1. The van der Waals surface area contributed by atoms with Gasteiger partial charge in [-0.2, -0.15) is 13.2 Å². The molecule has 1 atom stereocenters. The highest BCUT2D eigenvalue weighted by Gasteiger charge is 2.30. The predicted octanol–water partition coefficient (Wildman–Crippen LogP) is 4.27. The summed E-state index contributed by atoms with van der Waals surface area (Å²) in [5.74, 6) is -0.326. The number of carbonyl (C=O) groups excluding carboxylic acids is 1. The Balaban J connectivity index is 2.17. The minimum Gasteiger partial charge on any atom is -0.345 e. The van der Waals surface area contributed by atoms with Crippen LogP contribution in [-0.4, -0.2) is 10.9 Å². The van der Waals surface area contributed by atoms with Gasteiger partial charge in [-0.3, -0.25) is 4.79 Å². The van der Waals surface area contributed by atoms with Crippen LogP contribution in [0.3, 0.4) is 0 Å². The van der Waals surface area contributed by atoms with Crippen LogP contribution < -0.4 is 5.32 Å². The zero-order valence-corrected chi connectivity index (χ0v) is 13.1. The number of rotatable bonds is 3. The fraction of sp³-hybridized carbons (Fsp3) is 0.333. The Bertz CT molecular complexity index is 694. The summed E-state index contributed by atoms with van der Waals surface area (Å²) in [6.07, 6.45) is -4.40. The summed E-state index contributed by atoms with van der Waals surface area (Å²) >= 11 is 1.26. The molecule has 0 saturated carbocycles. The van der Waals surface area contributed by atoms with Crippen LogP contribution in [0.4, 0.5) is 13.2 Å². The molecular formula is C15H15F3N2OS. The number of nitrogens with one attached hydrogen (secondary N) is 1. The van der Waals surface area contributed by atoms with Gasteiger partial charge >= 0.3 is 6.18 Å². The molecule has 1 N–H and O–H groups in total. The molecule has 0 aliphatic heterocycles. The molecule has 0 aliphatic carbocycles. The standard InChI is InChI=1S/C15H15F3N2OS/c1-8(11-5-4-6-12(7-11)15(16,17)18)20-14(21)13-9(2)19-10(3)22-13/h4-8H,1-3H3,(H,20,21). The average molecular weight is 328 g/mol. The van der Waals surface area contributed by atoms with Gasteiger partial charge in [0.15, 0.2) is 0 Å². The minimum absolute atomic E-state index is 0.326. The summed E-state index contributed by atoms with van der Waals surface area (Å²) in [4.78, 5) is 16.8. The van der Waals surface area contributed by atoms with Gasteiger partial charge < -0.3 is 5.32 Å². The largest absolute Gasteiger partial charge is 0.416 e. The van der Waals surface area contributed by atoms with Crippen molar-refractivity contribution in [2.24, 2.45) is 0 Å². The van der Waals surface area contributed by atoms with E-state index in [1.54, 1.807) is 26.8 Å². The maximum absolute atomic E-state index is 12.7. The van der Waals surface area contributed by atoms with Gasteiger partial charge in [-0.05, 0) is 38.5 Å². The van der Waals surface area contributed by atoms with Gasteiger partial charge in [-0.25, -0.2) is 4.98 Å². The van der Waals surface area contributed by atoms with Crippen LogP contribution in [0.25, 0.3) is 0 Å². The van der Waals surface area contributed by atoms with Crippen LogP contribution in [0.1, 0.15) is 44.5 Å². The lowest BCUT2D eigenvalue weighted by Crippen LogP contribution is -2.26. The van der Waals surface area contributed by atoms with E-state index in [0.717, 1.165) is 17.1 Å². The third-order valence-corrected chi connectivity index (χ3v) is 4.24. The van der Waals surface area contributed by atoms with Crippen LogP contribution in [0.15, 0.2) is 24.3 Å². The predicted molar refractivity (Wildman–Crippen MR) is 78.9 cm³/mol. The summed E-state index contributed by atoms with van der Waals surface area (Å²) in [7, 11) is 0. The van der Waals surface area contributed by atoms with Crippen LogP contribution in [0.5, 0.6) is 0 Å². The Morgan fingerprint density at radius 2 is 2.00 bits per heavy atom. The molecule has 22 heavy (non-hydrogen) atoms. The van der Waals surface area contributed by atoms with E-state index in [9.17, 15) is 18.0 Å². The Morgan fingerprint density at radius 1 is 1.32 bits per heavy atom. The first-order valence-corrected chi connectivity index (χ1v) is 7.42. The Kier molecular flexibility index (Phi) is 4.55. The van der Waals surface area contributed by atoms with Crippen molar-refractivity contribution in [2.75, 3.05) is 0 Å². The number of hydrogen-bond donors (Lipinski definition) is 1. The van der Waals surface area contributed by atoms with Gasteiger partial charge in [0, 0.05) is 0 Å². The highest BCUT2D eigenvalue weighted by Crippen LogP contribution is 2.30. The van der Waals surface area contributed by atoms with Crippen LogP contribution in [-0.2, 0) is 6.18 Å². The normalized spacial score (nSPS) is 13.0. The first-order valence-electron chi connectivity index (χ1n) is 6.60. The number of aromatic nitrogens is 1. The maximum Gasteiger partial charge on any atom is 0.416 e. The lowest BCUT2D eigenvalue weighted by Gasteiger charge is -2.16. The maximum atomic E-state index is 12.7. The van der Waals surface area contributed by atoms with Crippen molar-refractivity contribution in [3.63, 3.8) is 0 Å². The lowest BCUT2D eigenvalue weighted by molar-refractivity contribution is -0.137. The number of aryl methyl sites for hydroxylation is 2. The van der Waals surface area contributed by atoms with E-state index in [4.69, 9.17) is 0 Å². The molecule has 118 valence electrons. The highest BCUT2D eigenvalue weighted by molar-refractivity contribution is 7.13. The SMILES string of the molecule is Cc1nc(C)c(C(=O)NC(C)c2cccc(C(F)(F)F)c2)s1. The summed E-state index contributed by atoms with van der Waals surface area (Å²) in [6, 6.07) is 4.43. The number of hydrogen-bond acceptors (Lipinski definition) is 3. The summed E-state index contributed by atoms with van der Waals surface area (Å²) in [5, 5.41) is 3.48. The molecule has 0 radical (unpaired) electrons. The van der Waals surface area contributed by atoms with Gasteiger partial charge in [-0.1, -0.05) is 12.1 Å². The van der Waals surface area contributed by atoms with Crippen molar-refractivity contribution < 1.29 is 18.0 Å².